The second-order valence-electron chi connectivity index (χ2n) is 4.31. The number of aromatic nitrogens is 2. The minimum atomic E-state index is 0.227. The van der Waals surface area contributed by atoms with Gasteiger partial charge in [0.1, 0.15) is 5.75 Å². The van der Waals surface area contributed by atoms with Crippen LogP contribution in [0.4, 0.5) is 0 Å². The number of para-hydroxylation sites is 1. The van der Waals surface area contributed by atoms with Crippen molar-refractivity contribution in [3.05, 3.63) is 47.8 Å². The summed E-state index contributed by atoms with van der Waals surface area (Å²) in [5.74, 6) is 0.917. The lowest BCUT2D eigenvalue weighted by atomic mass is 10.00. The highest BCUT2D eigenvalue weighted by molar-refractivity contribution is 5.36. The summed E-state index contributed by atoms with van der Waals surface area (Å²) in [5.41, 5.74) is 2.38. The minimum Gasteiger partial charge on any atom is -0.496 e. The van der Waals surface area contributed by atoms with Crippen LogP contribution in [0.3, 0.4) is 0 Å². The molecule has 1 atom stereocenters. The molecule has 2 aromatic rings. The third kappa shape index (κ3) is 2.71. The summed E-state index contributed by atoms with van der Waals surface area (Å²) in [4.78, 5) is 0. The summed E-state index contributed by atoms with van der Waals surface area (Å²) in [6.45, 7) is 0. The molecule has 0 fully saturated rings. The molecule has 1 heterocycles. The fraction of sp³-hybridized carbons (Fsp3) is 0.357. The Bertz CT molecular complexity index is 507. The van der Waals surface area contributed by atoms with Gasteiger partial charge in [0.25, 0.3) is 0 Å². The molecule has 1 aromatic carbocycles. The molecule has 0 saturated carbocycles. The molecule has 18 heavy (non-hydrogen) atoms. The fourth-order valence-electron chi connectivity index (χ4n) is 2.13. The van der Waals surface area contributed by atoms with Crippen molar-refractivity contribution < 1.29 is 4.74 Å². The zero-order chi connectivity index (χ0) is 13.0. The van der Waals surface area contributed by atoms with Crippen LogP contribution in [0.5, 0.6) is 5.75 Å². The maximum absolute atomic E-state index is 5.41. The van der Waals surface area contributed by atoms with E-state index in [9.17, 15) is 0 Å². The van der Waals surface area contributed by atoms with Gasteiger partial charge < -0.3 is 10.1 Å². The third-order valence-corrected chi connectivity index (χ3v) is 3.06. The summed E-state index contributed by atoms with van der Waals surface area (Å²) in [5, 5.41) is 7.53. The van der Waals surface area contributed by atoms with E-state index in [4.69, 9.17) is 4.74 Å². The molecule has 0 radical (unpaired) electrons. The maximum Gasteiger partial charge on any atom is 0.123 e. The Morgan fingerprint density at radius 2 is 2.17 bits per heavy atom. The zero-order valence-electron chi connectivity index (χ0n) is 11.1. The normalized spacial score (nSPS) is 12.4. The Morgan fingerprint density at radius 1 is 1.39 bits per heavy atom. The highest BCUT2D eigenvalue weighted by Crippen LogP contribution is 2.26. The van der Waals surface area contributed by atoms with Crippen molar-refractivity contribution >= 4 is 0 Å². The van der Waals surface area contributed by atoms with Crippen LogP contribution in [0.15, 0.2) is 36.7 Å². The Hall–Kier alpha value is -1.81. The lowest BCUT2D eigenvalue weighted by Gasteiger charge is -2.18. The molecule has 0 aliphatic rings. The predicted octanol–water partition coefficient (Wildman–Crippen LogP) is 1.93. The number of rotatable bonds is 5. The first-order valence-corrected chi connectivity index (χ1v) is 6.02. The molecule has 1 N–H and O–H groups in total. The van der Waals surface area contributed by atoms with Crippen LogP contribution < -0.4 is 10.1 Å². The molecular formula is C14H19N3O. The number of methoxy groups -OCH3 is 1. The number of hydrogen-bond acceptors (Lipinski definition) is 3. The van der Waals surface area contributed by atoms with Crippen molar-refractivity contribution in [3.8, 4) is 5.75 Å². The van der Waals surface area contributed by atoms with E-state index < -0.39 is 0 Å². The summed E-state index contributed by atoms with van der Waals surface area (Å²) in [6.07, 6.45) is 4.84. The summed E-state index contributed by atoms with van der Waals surface area (Å²) >= 11 is 0. The van der Waals surface area contributed by atoms with Crippen LogP contribution in [-0.4, -0.2) is 23.9 Å². The number of likely N-dealkylation sites (N-methyl/N-ethyl adjacent to an activating group) is 1. The Kier molecular flexibility index (Phi) is 3.99. The van der Waals surface area contributed by atoms with Crippen molar-refractivity contribution in [2.24, 2.45) is 7.05 Å². The molecule has 0 amide bonds. The first-order valence-electron chi connectivity index (χ1n) is 6.02. The predicted molar refractivity (Wildman–Crippen MR) is 71.7 cm³/mol. The van der Waals surface area contributed by atoms with Crippen molar-refractivity contribution in [2.75, 3.05) is 14.2 Å². The molecular weight excluding hydrogens is 226 g/mol. The number of aryl methyl sites for hydroxylation is 1. The van der Waals surface area contributed by atoms with Gasteiger partial charge in [-0.25, -0.2) is 0 Å². The third-order valence-electron chi connectivity index (χ3n) is 3.06. The van der Waals surface area contributed by atoms with Crippen molar-refractivity contribution in [1.82, 2.24) is 15.1 Å². The fourth-order valence-corrected chi connectivity index (χ4v) is 2.13. The van der Waals surface area contributed by atoms with E-state index in [-0.39, 0.29) is 6.04 Å². The van der Waals surface area contributed by atoms with Crippen LogP contribution in [0.2, 0.25) is 0 Å². The van der Waals surface area contributed by atoms with E-state index in [1.807, 2.05) is 49.4 Å². The van der Waals surface area contributed by atoms with E-state index in [1.165, 1.54) is 11.1 Å². The standard InChI is InChI=1S/C14H19N3O/c1-15-13(8-11-9-16-17(2)10-11)12-6-4-5-7-14(12)18-3/h4-7,9-10,13,15H,8H2,1-3H3. The molecule has 96 valence electrons. The van der Waals surface area contributed by atoms with Gasteiger partial charge in [-0.05, 0) is 25.1 Å². The Labute approximate surface area is 108 Å². The minimum absolute atomic E-state index is 0.227. The van der Waals surface area contributed by atoms with E-state index in [0.717, 1.165) is 12.2 Å². The number of benzene rings is 1. The molecule has 1 unspecified atom stereocenters. The second-order valence-corrected chi connectivity index (χ2v) is 4.31. The summed E-state index contributed by atoms with van der Waals surface area (Å²) in [6, 6.07) is 8.33. The first kappa shape index (κ1) is 12.6. The average molecular weight is 245 g/mol. The quantitative estimate of drug-likeness (QED) is 0.875. The van der Waals surface area contributed by atoms with Crippen LogP contribution in [0.1, 0.15) is 17.2 Å². The van der Waals surface area contributed by atoms with E-state index in [0.29, 0.717) is 0 Å². The highest BCUT2D eigenvalue weighted by Gasteiger charge is 2.15. The highest BCUT2D eigenvalue weighted by atomic mass is 16.5. The van der Waals surface area contributed by atoms with Gasteiger partial charge in [-0.15, -0.1) is 0 Å². The van der Waals surface area contributed by atoms with E-state index >= 15 is 0 Å². The zero-order valence-corrected chi connectivity index (χ0v) is 11.1. The molecule has 4 nitrogen and oxygen atoms in total. The van der Waals surface area contributed by atoms with E-state index in [2.05, 4.69) is 16.5 Å². The SMILES string of the molecule is CNC(Cc1cnn(C)c1)c1ccccc1OC. The van der Waals surface area contributed by atoms with Gasteiger partial charge in [0.2, 0.25) is 0 Å². The molecule has 0 aliphatic heterocycles. The Balaban J connectivity index is 2.22. The van der Waals surface area contributed by atoms with Gasteiger partial charge in [-0.3, -0.25) is 4.68 Å². The number of nitrogens with zero attached hydrogens (tertiary/aromatic N) is 2. The maximum atomic E-state index is 5.41. The molecule has 0 aliphatic carbocycles. The smallest absolute Gasteiger partial charge is 0.123 e. The van der Waals surface area contributed by atoms with Gasteiger partial charge in [-0.1, -0.05) is 18.2 Å². The Morgan fingerprint density at radius 3 is 2.78 bits per heavy atom. The number of ether oxygens (including phenoxy) is 1. The summed E-state index contributed by atoms with van der Waals surface area (Å²) < 4.78 is 7.23. The van der Waals surface area contributed by atoms with Gasteiger partial charge in [0, 0.05) is 24.8 Å². The van der Waals surface area contributed by atoms with Crippen molar-refractivity contribution in [1.29, 1.82) is 0 Å². The van der Waals surface area contributed by atoms with E-state index in [1.54, 1.807) is 7.11 Å². The van der Waals surface area contributed by atoms with Crippen molar-refractivity contribution in [2.45, 2.75) is 12.5 Å². The van der Waals surface area contributed by atoms with Gasteiger partial charge in [0.05, 0.1) is 13.3 Å². The lowest BCUT2D eigenvalue weighted by Crippen LogP contribution is -2.19. The van der Waals surface area contributed by atoms with Crippen LogP contribution >= 0.6 is 0 Å². The topological polar surface area (TPSA) is 39.1 Å². The van der Waals surface area contributed by atoms with Gasteiger partial charge in [0.15, 0.2) is 0 Å². The lowest BCUT2D eigenvalue weighted by molar-refractivity contribution is 0.401. The molecule has 1 aromatic heterocycles. The van der Waals surface area contributed by atoms with Crippen molar-refractivity contribution in [3.63, 3.8) is 0 Å². The van der Waals surface area contributed by atoms with Crippen LogP contribution in [0, 0.1) is 0 Å². The molecule has 0 saturated heterocycles. The molecule has 2 rings (SSSR count). The molecule has 4 heteroatoms. The molecule has 0 spiro atoms. The number of hydrogen-bond donors (Lipinski definition) is 1. The van der Waals surface area contributed by atoms with Crippen LogP contribution in [-0.2, 0) is 13.5 Å². The number of nitrogens with one attached hydrogen (secondary N) is 1. The van der Waals surface area contributed by atoms with Gasteiger partial charge in [-0.2, -0.15) is 5.10 Å². The second kappa shape index (κ2) is 5.69. The molecule has 0 bridgehead atoms. The largest absolute Gasteiger partial charge is 0.496 e. The van der Waals surface area contributed by atoms with Crippen LogP contribution in [0.25, 0.3) is 0 Å². The first-order chi connectivity index (χ1) is 8.74. The monoisotopic (exact) mass is 245 g/mol. The average Bonchev–Trinajstić information content (AvgIpc) is 2.81. The van der Waals surface area contributed by atoms with Gasteiger partial charge >= 0.3 is 0 Å². The summed E-state index contributed by atoms with van der Waals surface area (Å²) in [7, 11) is 5.60.